The van der Waals surface area contributed by atoms with Gasteiger partial charge < -0.3 is 24.4 Å². The first-order valence-corrected chi connectivity index (χ1v) is 9.70. The highest BCUT2D eigenvalue weighted by Gasteiger charge is 2.44. The quantitative estimate of drug-likeness (QED) is 0.297. The van der Waals surface area contributed by atoms with Crippen molar-refractivity contribution in [3.63, 3.8) is 0 Å². The zero-order valence-corrected chi connectivity index (χ0v) is 17.4. The number of rotatable bonds is 5. The molecule has 1 fully saturated rings. The van der Waals surface area contributed by atoms with Crippen LogP contribution in [-0.4, -0.2) is 59.6 Å². The average Bonchev–Trinajstić information content (AvgIpc) is 2.95. The van der Waals surface area contributed by atoms with E-state index in [4.69, 9.17) is 14.2 Å². The van der Waals surface area contributed by atoms with Crippen molar-refractivity contribution in [1.82, 2.24) is 0 Å². The van der Waals surface area contributed by atoms with Crippen LogP contribution in [0.3, 0.4) is 0 Å². The van der Waals surface area contributed by atoms with Gasteiger partial charge in [-0.05, 0) is 38.0 Å². The van der Waals surface area contributed by atoms with Gasteiger partial charge in [-0.2, -0.15) is 0 Å². The second-order valence-electron chi connectivity index (χ2n) is 7.47. The summed E-state index contributed by atoms with van der Waals surface area (Å²) in [7, 11) is 0. The van der Waals surface area contributed by atoms with E-state index < -0.39 is 48.7 Å². The van der Waals surface area contributed by atoms with E-state index in [0.29, 0.717) is 18.4 Å². The van der Waals surface area contributed by atoms with Gasteiger partial charge in [-0.1, -0.05) is 18.2 Å². The molecule has 0 unspecified atom stereocenters. The van der Waals surface area contributed by atoms with E-state index in [9.17, 15) is 24.6 Å². The van der Waals surface area contributed by atoms with Gasteiger partial charge >= 0.3 is 17.9 Å². The van der Waals surface area contributed by atoms with E-state index in [2.05, 4.69) is 6.58 Å². The van der Waals surface area contributed by atoms with Crippen molar-refractivity contribution in [2.75, 3.05) is 13.2 Å². The lowest BCUT2D eigenvalue weighted by molar-refractivity contribution is -0.148. The molecule has 0 bridgehead atoms. The second-order valence-corrected chi connectivity index (χ2v) is 7.47. The summed E-state index contributed by atoms with van der Waals surface area (Å²) < 4.78 is 15.8. The summed E-state index contributed by atoms with van der Waals surface area (Å²) in [6.07, 6.45) is 3.24. The van der Waals surface area contributed by atoms with Crippen molar-refractivity contribution >= 4 is 17.9 Å². The standard InChI is InChI=1S/C22H28O8/c1-12-5-6-17(25)13(2)10-19-20(14(3)21(26)29-19)18(9-12)30-22(27)16(11-23)7-8-28-15(4)24/h5,7,10,17-20,23,25H,3,6,8-9,11H2,1-2,4H3/b12-5-,13-10-,16-7+/t17-,18+,19+,20+/m0/s1. The highest BCUT2D eigenvalue weighted by Crippen LogP contribution is 2.36. The molecule has 0 spiro atoms. The molecule has 0 saturated carbocycles. The Morgan fingerprint density at radius 1 is 1.37 bits per heavy atom. The maximum absolute atomic E-state index is 12.6. The summed E-state index contributed by atoms with van der Waals surface area (Å²) in [5.74, 6) is -2.53. The van der Waals surface area contributed by atoms with E-state index in [-0.39, 0.29) is 17.8 Å². The largest absolute Gasteiger partial charge is 0.462 e. The molecular weight excluding hydrogens is 392 g/mol. The SMILES string of the molecule is C=C1C(=O)O[C@@H]2/C=C(/C)[C@@H](O)C/C=C(/C)C[C@@H](OC(=O)/C(=C/COC(C)=O)CO)[C@@H]12. The predicted octanol–water partition coefficient (Wildman–Crippen LogP) is 1.53. The summed E-state index contributed by atoms with van der Waals surface area (Å²) in [6.45, 7) is 7.84. The molecule has 1 aliphatic carbocycles. The van der Waals surface area contributed by atoms with Crippen molar-refractivity contribution in [2.24, 2.45) is 5.92 Å². The van der Waals surface area contributed by atoms with E-state index in [1.54, 1.807) is 13.0 Å². The first-order chi connectivity index (χ1) is 14.1. The molecule has 2 aliphatic rings. The van der Waals surface area contributed by atoms with E-state index in [1.807, 2.05) is 13.0 Å². The zero-order chi connectivity index (χ0) is 22.4. The zero-order valence-electron chi connectivity index (χ0n) is 17.4. The average molecular weight is 420 g/mol. The molecule has 4 atom stereocenters. The maximum Gasteiger partial charge on any atom is 0.336 e. The molecule has 8 heteroatoms. The number of aliphatic hydroxyl groups excluding tert-OH is 2. The van der Waals surface area contributed by atoms with Gasteiger partial charge in [0.25, 0.3) is 0 Å². The van der Waals surface area contributed by atoms with Crippen LogP contribution in [0.1, 0.15) is 33.6 Å². The van der Waals surface area contributed by atoms with Crippen LogP contribution in [0.15, 0.2) is 47.1 Å². The Balaban J connectivity index is 2.32. The number of ether oxygens (including phenoxy) is 3. The number of carbonyl (C=O) groups excluding carboxylic acids is 3. The molecule has 0 aromatic carbocycles. The van der Waals surface area contributed by atoms with Gasteiger partial charge in [0, 0.05) is 18.9 Å². The summed E-state index contributed by atoms with van der Waals surface area (Å²) in [6, 6.07) is 0. The number of carbonyl (C=O) groups is 3. The van der Waals surface area contributed by atoms with Crippen molar-refractivity contribution < 1.29 is 38.8 Å². The fourth-order valence-corrected chi connectivity index (χ4v) is 3.38. The van der Waals surface area contributed by atoms with Crippen molar-refractivity contribution in [3.05, 3.63) is 47.1 Å². The summed E-state index contributed by atoms with van der Waals surface area (Å²) >= 11 is 0. The van der Waals surface area contributed by atoms with E-state index in [1.165, 1.54) is 13.0 Å². The maximum atomic E-state index is 12.6. The van der Waals surface area contributed by atoms with Crippen LogP contribution in [0, 0.1) is 5.92 Å². The number of fused-ring (bicyclic) bond motifs is 1. The van der Waals surface area contributed by atoms with Crippen molar-refractivity contribution in [2.45, 2.75) is 51.9 Å². The lowest BCUT2D eigenvalue weighted by atomic mass is 9.85. The summed E-state index contributed by atoms with van der Waals surface area (Å²) in [5, 5.41) is 19.8. The molecule has 0 aromatic heterocycles. The Hall–Kier alpha value is -2.71. The first-order valence-electron chi connectivity index (χ1n) is 9.70. The third-order valence-electron chi connectivity index (χ3n) is 5.13. The minimum Gasteiger partial charge on any atom is -0.462 e. The third-order valence-corrected chi connectivity index (χ3v) is 5.13. The number of aliphatic hydroxyl groups is 2. The smallest absolute Gasteiger partial charge is 0.336 e. The monoisotopic (exact) mass is 420 g/mol. The molecule has 0 amide bonds. The molecule has 1 aliphatic heterocycles. The van der Waals surface area contributed by atoms with Gasteiger partial charge in [0.1, 0.15) is 18.8 Å². The van der Waals surface area contributed by atoms with Gasteiger partial charge in [-0.3, -0.25) is 4.79 Å². The molecule has 0 radical (unpaired) electrons. The molecule has 30 heavy (non-hydrogen) atoms. The number of esters is 3. The van der Waals surface area contributed by atoms with Crippen molar-refractivity contribution in [3.8, 4) is 0 Å². The minimum absolute atomic E-state index is 0.0653. The number of hydrogen-bond acceptors (Lipinski definition) is 8. The summed E-state index contributed by atoms with van der Waals surface area (Å²) in [4.78, 5) is 35.7. The Morgan fingerprint density at radius 3 is 2.70 bits per heavy atom. The highest BCUT2D eigenvalue weighted by atomic mass is 16.6. The van der Waals surface area contributed by atoms with Gasteiger partial charge in [0.2, 0.25) is 0 Å². The molecule has 164 valence electrons. The van der Waals surface area contributed by atoms with Crippen LogP contribution in [-0.2, 0) is 28.6 Å². The number of hydrogen-bond donors (Lipinski definition) is 2. The van der Waals surface area contributed by atoms with E-state index >= 15 is 0 Å². The van der Waals surface area contributed by atoms with Gasteiger partial charge in [-0.25, -0.2) is 9.59 Å². The lowest BCUT2D eigenvalue weighted by Crippen LogP contribution is -2.34. The fraction of sp³-hybridized carbons (Fsp3) is 0.500. The summed E-state index contributed by atoms with van der Waals surface area (Å²) in [5.41, 5.74) is 1.62. The van der Waals surface area contributed by atoms with E-state index in [0.717, 1.165) is 5.57 Å². The molecule has 8 nitrogen and oxygen atoms in total. The molecule has 2 rings (SSSR count). The predicted molar refractivity (Wildman–Crippen MR) is 107 cm³/mol. The van der Waals surface area contributed by atoms with Crippen LogP contribution in [0.25, 0.3) is 0 Å². The normalized spacial score (nSPS) is 30.9. The van der Waals surface area contributed by atoms with Crippen LogP contribution >= 0.6 is 0 Å². The topological polar surface area (TPSA) is 119 Å². The van der Waals surface area contributed by atoms with Gasteiger partial charge in [-0.15, -0.1) is 0 Å². The second kappa shape index (κ2) is 10.4. The molecule has 1 heterocycles. The molecular formula is C22H28O8. The Bertz CT molecular complexity index is 804. The van der Waals surface area contributed by atoms with Crippen LogP contribution in [0.2, 0.25) is 0 Å². The fourth-order valence-electron chi connectivity index (χ4n) is 3.38. The third kappa shape index (κ3) is 5.90. The lowest BCUT2D eigenvalue weighted by Gasteiger charge is -2.28. The minimum atomic E-state index is -0.786. The first kappa shape index (κ1) is 23.6. The van der Waals surface area contributed by atoms with Gasteiger partial charge in [0.15, 0.2) is 0 Å². The van der Waals surface area contributed by atoms with Crippen molar-refractivity contribution in [1.29, 1.82) is 0 Å². The highest BCUT2D eigenvalue weighted by molar-refractivity contribution is 5.92. The van der Waals surface area contributed by atoms with Crippen LogP contribution in [0.4, 0.5) is 0 Å². The molecule has 0 aromatic rings. The van der Waals surface area contributed by atoms with Crippen LogP contribution in [0.5, 0.6) is 0 Å². The Labute approximate surface area is 175 Å². The Kier molecular flexibility index (Phi) is 8.14. The molecule has 2 N–H and O–H groups in total. The molecule has 1 saturated heterocycles. The van der Waals surface area contributed by atoms with Crippen LogP contribution < -0.4 is 0 Å². The van der Waals surface area contributed by atoms with Gasteiger partial charge in [0.05, 0.1) is 24.2 Å². The Morgan fingerprint density at radius 2 is 2.07 bits per heavy atom.